The maximum atomic E-state index is 12.9. The van der Waals surface area contributed by atoms with Crippen molar-refractivity contribution in [3.63, 3.8) is 0 Å². The minimum atomic E-state index is -4.61. The van der Waals surface area contributed by atoms with Gasteiger partial charge < -0.3 is 0 Å². The van der Waals surface area contributed by atoms with Gasteiger partial charge in [-0.15, -0.1) is 10.2 Å². The number of aromatic nitrogens is 4. The summed E-state index contributed by atoms with van der Waals surface area (Å²) in [5.41, 5.74) is 0.289. The lowest BCUT2D eigenvalue weighted by atomic mass is 10.4. The molecule has 3 aromatic rings. The molecule has 0 unspecified atom stereocenters. The second kappa shape index (κ2) is 5.24. The second-order valence-electron chi connectivity index (χ2n) is 4.44. The van der Waals surface area contributed by atoms with Crippen LogP contribution >= 0.6 is 11.8 Å². The fourth-order valence-electron chi connectivity index (χ4n) is 1.89. The van der Waals surface area contributed by atoms with Crippen LogP contribution in [0.2, 0.25) is 0 Å². The Morgan fingerprint density at radius 1 is 1.09 bits per heavy atom. The number of hydrogen-bond acceptors (Lipinski definition) is 4. The van der Waals surface area contributed by atoms with E-state index in [4.69, 9.17) is 0 Å². The van der Waals surface area contributed by atoms with Gasteiger partial charge in [0.2, 0.25) is 5.82 Å². The monoisotopic (exact) mass is 328 g/mol. The molecule has 0 bridgehead atoms. The van der Waals surface area contributed by atoms with Crippen molar-refractivity contribution in [1.82, 2.24) is 19.6 Å². The van der Waals surface area contributed by atoms with Gasteiger partial charge in [0.15, 0.2) is 5.65 Å². The molecule has 0 aliphatic heterocycles. The SMILES string of the molecule is Cc1cnc(Sc2ccc(F)cc2)c2nnc(C(F)(F)F)n12. The van der Waals surface area contributed by atoms with Crippen LogP contribution in [0.15, 0.2) is 40.4 Å². The Labute approximate surface area is 126 Å². The topological polar surface area (TPSA) is 43.1 Å². The number of nitrogens with zero attached hydrogens (tertiary/aromatic N) is 4. The van der Waals surface area contributed by atoms with E-state index in [0.717, 1.165) is 16.2 Å². The minimum absolute atomic E-state index is 0.0154. The molecule has 22 heavy (non-hydrogen) atoms. The molecule has 4 nitrogen and oxygen atoms in total. The third-order valence-corrected chi connectivity index (χ3v) is 3.85. The first-order valence-corrected chi connectivity index (χ1v) is 6.89. The van der Waals surface area contributed by atoms with E-state index in [-0.39, 0.29) is 16.4 Å². The van der Waals surface area contributed by atoms with Gasteiger partial charge in [-0.3, -0.25) is 4.40 Å². The van der Waals surface area contributed by atoms with Crippen molar-refractivity contribution in [2.45, 2.75) is 23.0 Å². The van der Waals surface area contributed by atoms with Gasteiger partial charge in [-0.2, -0.15) is 13.2 Å². The van der Waals surface area contributed by atoms with Gasteiger partial charge in [0, 0.05) is 16.8 Å². The summed E-state index contributed by atoms with van der Waals surface area (Å²) in [5.74, 6) is -1.49. The van der Waals surface area contributed by atoms with E-state index in [0.29, 0.717) is 4.90 Å². The van der Waals surface area contributed by atoms with E-state index >= 15 is 0 Å². The summed E-state index contributed by atoms with van der Waals surface area (Å²) < 4.78 is 52.6. The minimum Gasteiger partial charge on any atom is -0.272 e. The van der Waals surface area contributed by atoms with Crippen LogP contribution in [0.1, 0.15) is 11.5 Å². The lowest BCUT2D eigenvalue weighted by Gasteiger charge is -2.08. The lowest BCUT2D eigenvalue weighted by Crippen LogP contribution is -2.12. The van der Waals surface area contributed by atoms with Gasteiger partial charge in [0.05, 0.1) is 0 Å². The van der Waals surface area contributed by atoms with E-state index in [2.05, 4.69) is 15.2 Å². The molecule has 0 N–H and O–H groups in total. The highest BCUT2D eigenvalue weighted by Crippen LogP contribution is 2.33. The Morgan fingerprint density at radius 3 is 2.41 bits per heavy atom. The first kappa shape index (κ1) is 14.8. The number of halogens is 4. The molecule has 0 atom stereocenters. The maximum Gasteiger partial charge on any atom is 0.452 e. The van der Waals surface area contributed by atoms with Crippen LogP contribution in [0.25, 0.3) is 5.65 Å². The highest BCUT2D eigenvalue weighted by molar-refractivity contribution is 7.99. The normalized spacial score (nSPS) is 12.0. The predicted molar refractivity (Wildman–Crippen MR) is 71.0 cm³/mol. The largest absolute Gasteiger partial charge is 0.452 e. The van der Waals surface area contributed by atoms with Crippen molar-refractivity contribution in [1.29, 1.82) is 0 Å². The van der Waals surface area contributed by atoms with Crippen molar-refractivity contribution >= 4 is 17.4 Å². The number of aryl methyl sites for hydroxylation is 1. The zero-order valence-corrected chi connectivity index (χ0v) is 11.9. The molecule has 9 heteroatoms. The Hall–Kier alpha value is -2.16. The highest BCUT2D eigenvalue weighted by atomic mass is 32.2. The van der Waals surface area contributed by atoms with Gasteiger partial charge in [0.1, 0.15) is 10.8 Å². The van der Waals surface area contributed by atoms with Gasteiger partial charge in [-0.25, -0.2) is 9.37 Å². The predicted octanol–water partition coefficient (Wildman–Crippen LogP) is 3.74. The Balaban J connectivity index is 2.10. The van der Waals surface area contributed by atoms with Gasteiger partial charge in [-0.1, -0.05) is 11.8 Å². The number of hydrogen-bond donors (Lipinski definition) is 0. The molecular weight excluding hydrogens is 320 g/mol. The van der Waals surface area contributed by atoms with Crippen LogP contribution in [-0.2, 0) is 6.18 Å². The van der Waals surface area contributed by atoms with E-state index in [1.54, 1.807) is 0 Å². The molecule has 0 amide bonds. The summed E-state index contributed by atoms with van der Waals surface area (Å²) >= 11 is 1.09. The third-order valence-electron chi connectivity index (χ3n) is 2.86. The fraction of sp³-hybridized carbons (Fsp3) is 0.154. The van der Waals surface area contributed by atoms with Crippen molar-refractivity contribution < 1.29 is 17.6 Å². The number of rotatable bonds is 2. The molecule has 0 radical (unpaired) electrons. The molecule has 0 saturated heterocycles. The van der Waals surface area contributed by atoms with Crippen LogP contribution in [0.4, 0.5) is 17.6 Å². The molecule has 0 fully saturated rings. The van der Waals surface area contributed by atoms with Crippen LogP contribution in [0.5, 0.6) is 0 Å². The van der Waals surface area contributed by atoms with Crippen molar-refractivity contribution in [2.24, 2.45) is 0 Å². The quantitative estimate of drug-likeness (QED) is 0.672. The van der Waals surface area contributed by atoms with E-state index < -0.39 is 17.8 Å². The first-order valence-electron chi connectivity index (χ1n) is 6.07. The molecule has 114 valence electrons. The summed E-state index contributed by atoms with van der Waals surface area (Å²) in [7, 11) is 0. The summed E-state index contributed by atoms with van der Waals surface area (Å²) in [5, 5.41) is 7.08. The van der Waals surface area contributed by atoms with Crippen LogP contribution < -0.4 is 0 Å². The van der Waals surface area contributed by atoms with Gasteiger partial charge in [0.25, 0.3) is 0 Å². The van der Waals surface area contributed by atoms with Crippen LogP contribution in [0.3, 0.4) is 0 Å². The molecule has 0 spiro atoms. The third kappa shape index (κ3) is 2.63. The summed E-state index contributed by atoms with van der Waals surface area (Å²) in [4.78, 5) is 4.73. The molecular formula is C13H8F4N4S. The number of alkyl halides is 3. The Kier molecular flexibility index (Phi) is 3.51. The van der Waals surface area contributed by atoms with Crippen molar-refractivity contribution in [2.75, 3.05) is 0 Å². The Morgan fingerprint density at radius 2 is 1.77 bits per heavy atom. The van der Waals surface area contributed by atoms with E-state index in [1.807, 2.05) is 0 Å². The second-order valence-corrected chi connectivity index (χ2v) is 5.50. The number of fused-ring (bicyclic) bond motifs is 1. The lowest BCUT2D eigenvalue weighted by molar-refractivity contribution is -0.145. The molecule has 0 aliphatic carbocycles. The molecule has 2 aromatic heterocycles. The van der Waals surface area contributed by atoms with Gasteiger partial charge >= 0.3 is 6.18 Å². The van der Waals surface area contributed by atoms with Crippen LogP contribution in [0, 0.1) is 12.7 Å². The average Bonchev–Trinajstić information content (AvgIpc) is 2.90. The van der Waals surface area contributed by atoms with Gasteiger partial charge in [-0.05, 0) is 31.2 Å². The Bertz CT molecular complexity index is 826. The maximum absolute atomic E-state index is 12.9. The van der Waals surface area contributed by atoms with E-state index in [9.17, 15) is 17.6 Å². The summed E-state index contributed by atoms with van der Waals surface area (Å²) in [6, 6.07) is 5.55. The number of benzene rings is 1. The summed E-state index contributed by atoms with van der Waals surface area (Å²) in [6.07, 6.45) is -3.29. The molecule has 1 aromatic carbocycles. The highest BCUT2D eigenvalue weighted by Gasteiger charge is 2.37. The molecule has 0 saturated carbocycles. The molecule has 2 heterocycles. The smallest absolute Gasteiger partial charge is 0.272 e. The van der Waals surface area contributed by atoms with Crippen molar-refractivity contribution in [3.05, 3.63) is 47.8 Å². The zero-order chi connectivity index (χ0) is 15.9. The zero-order valence-electron chi connectivity index (χ0n) is 11.1. The molecule has 0 aliphatic rings. The molecule has 3 rings (SSSR count). The van der Waals surface area contributed by atoms with E-state index in [1.165, 1.54) is 37.4 Å². The average molecular weight is 328 g/mol. The van der Waals surface area contributed by atoms with Crippen molar-refractivity contribution in [3.8, 4) is 0 Å². The summed E-state index contributed by atoms with van der Waals surface area (Å²) in [6.45, 7) is 1.49. The first-order chi connectivity index (χ1) is 10.4. The van der Waals surface area contributed by atoms with Crippen LogP contribution in [-0.4, -0.2) is 19.6 Å². The fourth-order valence-corrected chi connectivity index (χ4v) is 2.72. The standard InChI is InChI=1S/C13H8F4N4S/c1-7-6-18-11(22-9-4-2-8(14)3-5-9)10-19-20-12(21(7)10)13(15,16)17/h2-6H,1H3.